The van der Waals surface area contributed by atoms with E-state index in [2.05, 4.69) is 5.32 Å². The summed E-state index contributed by atoms with van der Waals surface area (Å²) in [5.41, 5.74) is 2.80. The number of amides is 2. The van der Waals surface area contributed by atoms with Crippen molar-refractivity contribution in [2.75, 3.05) is 17.1 Å². The second-order valence-electron chi connectivity index (χ2n) is 11.1. The van der Waals surface area contributed by atoms with Crippen LogP contribution in [0.4, 0.5) is 5.69 Å². The maximum Gasteiger partial charge on any atom is 0.244 e. The van der Waals surface area contributed by atoms with E-state index >= 15 is 0 Å². The molecule has 0 spiro atoms. The summed E-state index contributed by atoms with van der Waals surface area (Å²) < 4.78 is 27.3. The van der Waals surface area contributed by atoms with E-state index in [0.717, 1.165) is 53.8 Å². The van der Waals surface area contributed by atoms with Gasteiger partial charge in [0.2, 0.25) is 21.8 Å². The van der Waals surface area contributed by atoms with Crippen LogP contribution in [0.3, 0.4) is 0 Å². The Labute approximate surface area is 265 Å². The average molecular weight is 645 g/mol. The first kappa shape index (κ1) is 32.8. The van der Waals surface area contributed by atoms with Crippen molar-refractivity contribution in [3.05, 3.63) is 99.5 Å². The minimum atomic E-state index is -3.85. The van der Waals surface area contributed by atoms with E-state index < -0.39 is 28.5 Å². The van der Waals surface area contributed by atoms with Gasteiger partial charge in [-0.3, -0.25) is 13.9 Å². The molecule has 0 heterocycles. The number of sulfonamides is 1. The van der Waals surface area contributed by atoms with Crippen LogP contribution < -0.4 is 9.62 Å². The molecule has 3 aromatic carbocycles. The van der Waals surface area contributed by atoms with Crippen molar-refractivity contribution in [1.82, 2.24) is 10.2 Å². The van der Waals surface area contributed by atoms with Gasteiger partial charge < -0.3 is 10.2 Å². The number of para-hydroxylation sites is 1. The van der Waals surface area contributed by atoms with Gasteiger partial charge in [0.15, 0.2) is 0 Å². The molecule has 1 atom stereocenters. The molecule has 1 aliphatic rings. The number of benzene rings is 3. The zero-order valence-electron chi connectivity index (χ0n) is 24.6. The maximum absolute atomic E-state index is 14.3. The van der Waals surface area contributed by atoms with Crippen LogP contribution in [0.5, 0.6) is 0 Å². The fraction of sp³-hybridized carbons (Fsp3) is 0.394. The molecular formula is C33H39Cl2N3O4S. The highest BCUT2D eigenvalue weighted by atomic mass is 35.5. The first-order valence-electron chi connectivity index (χ1n) is 14.7. The molecule has 1 saturated carbocycles. The molecule has 1 aliphatic carbocycles. The van der Waals surface area contributed by atoms with Crippen molar-refractivity contribution in [1.29, 1.82) is 0 Å². The van der Waals surface area contributed by atoms with Crippen LogP contribution in [-0.4, -0.2) is 50.0 Å². The number of hydrogen-bond donors (Lipinski definition) is 1. The zero-order valence-corrected chi connectivity index (χ0v) is 27.0. The van der Waals surface area contributed by atoms with Crippen LogP contribution in [0, 0.1) is 0 Å². The molecule has 2 amide bonds. The molecule has 1 N–H and O–H groups in total. The molecule has 0 radical (unpaired) electrons. The number of carbonyl (C=O) groups excluding carboxylic acids is 2. The van der Waals surface area contributed by atoms with Gasteiger partial charge in [-0.15, -0.1) is 0 Å². The Morgan fingerprint density at radius 2 is 1.58 bits per heavy atom. The van der Waals surface area contributed by atoms with Gasteiger partial charge in [0, 0.05) is 19.0 Å². The molecule has 0 bridgehead atoms. The summed E-state index contributed by atoms with van der Waals surface area (Å²) in [5, 5.41) is 3.90. The molecule has 43 heavy (non-hydrogen) atoms. The predicted octanol–water partition coefficient (Wildman–Crippen LogP) is 6.41. The van der Waals surface area contributed by atoms with E-state index in [4.69, 9.17) is 23.2 Å². The number of rotatable bonds is 12. The third-order valence-electron chi connectivity index (χ3n) is 7.88. The lowest BCUT2D eigenvalue weighted by Gasteiger charge is -2.35. The van der Waals surface area contributed by atoms with E-state index in [9.17, 15) is 18.0 Å². The van der Waals surface area contributed by atoms with Crippen molar-refractivity contribution in [3.8, 4) is 0 Å². The molecule has 7 nitrogen and oxygen atoms in total. The van der Waals surface area contributed by atoms with Crippen LogP contribution in [0.2, 0.25) is 10.0 Å². The number of halogens is 2. The number of aryl methyl sites for hydroxylation is 1. The highest BCUT2D eigenvalue weighted by Crippen LogP contribution is 2.27. The maximum atomic E-state index is 14.3. The number of nitrogens with one attached hydrogen (secondary N) is 1. The highest BCUT2D eigenvalue weighted by Gasteiger charge is 2.34. The van der Waals surface area contributed by atoms with E-state index in [1.165, 1.54) is 4.90 Å². The normalized spacial score (nSPS) is 14.6. The van der Waals surface area contributed by atoms with Gasteiger partial charge in [0.1, 0.15) is 12.6 Å². The SMILES string of the molecule is CCc1ccccc1N(CC(=O)N(Cc1ccc(Cl)c(Cl)c1)[C@H](Cc1ccccc1)C(=O)NC1CCCCC1)S(C)(=O)=O. The monoisotopic (exact) mass is 643 g/mol. The Kier molecular flexibility index (Phi) is 11.5. The Bertz CT molecular complexity index is 1510. The van der Waals surface area contributed by atoms with E-state index in [-0.39, 0.29) is 24.9 Å². The minimum absolute atomic E-state index is 0.0328. The van der Waals surface area contributed by atoms with Crippen molar-refractivity contribution >= 4 is 50.7 Å². The van der Waals surface area contributed by atoms with Gasteiger partial charge in [-0.05, 0) is 54.2 Å². The Morgan fingerprint density at radius 1 is 0.907 bits per heavy atom. The molecule has 1 fully saturated rings. The van der Waals surface area contributed by atoms with Crippen molar-refractivity contribution in [3.63, 3.8) is 0 Å². The fourth-order valence-electron chi connectivity index (χ4n) is 5.58. The standard InChI is InChI=1S/C33H39Cl2N3O4S/c1-3-26-14-10-11-17-30(26)38(43(2,41)42)23-32(39)37(22-25-18-19-28(34)29(35)20-25)31(21-24-12-6-4-7-13-24)33(40)36-27-15-8-5-9-16-27/h4,6-7,10-14,17-20,27,31H,3,5,8-9,15-16,21-23H2,1-2H3,(H,36,40)/t31-/m1/s1. The van der Waals surface area contributed by atoms with Crippen LogP contribution in [0.15, 0.2) is 72.8 Å². The van der Waals surface area contributed by atoms with Crippen LogP contribution in [0.25, 0.3) is 0 Å². The van der Waals surface area contributed by atoms with Crippen molar-refractivity contribution in [2.45, 2.75) is 70.5 Å². The van der Waals surface area contributed by atoms with E-state index in [0.29, 0.717) is 27.7 Å². The zero-order chi connectivity index (χ0) is 31.0. The summed E-state index contributed by atoms with van der Waals surface area (Å²) in [4.78, 5) is 29.9. The van der Waals surface area contributed by atoms with Gasteiger partial charge in [0.05, 0.1) is 22.0 Å². The Morgan fingerprint density at radius 3 is 2.23 bits per heavy atom. The minimum Gasteiger partial charge on any atom is -0.352 e. The third kappa shape index (κ3) is 8.97. The molecule has 0 aliphatic heterocycles. The Balaban J connectivity index is 1.75. The summed E-state index contributed by atoms with van der Waals surface area (Å²) in [7, 11) is -3.85. The first-order chi connectivity index (χ1) is 20.6. The van der Waals surface area contributed by atoms with Crippen LogP contribution in [0.1, 0.15) is 55.7 Å². The lowest BCUT2D eigenvalue weighted by atomic mass is 9.94. The van der Waals surface area contributed by atoms with Crippen LogP contribution >= 0.6 is 23.2 Å². The average Bonchev–Trinajstić information content (AvgIpc) is 2.99. The van der Waals surface area contributed by atoms with Gasteiger partial charge in [0.25, 0.3) is 0 Å². The highest BCUT2D eigenvalue weighted by molar-refractivity contribution is 7.92. The second kappa shape index (κ2) is 15.1. The van der Waals surface area contributed by atoms with Gasteiger partial charge in [-0.25, -0.2) is 8.42 Å². The summed E-state index contributed by atoms with van der Waals surface area (Å²) in [5.74, 6) is -0.758. The molecular weight excluding hydrogens is 605 g/mol. The second-order valence-corrected chi connectivity index (χ2v) is 13.8. The van der Waals surface area contributed by atoms with E-state index in [1.54, 1.807) is 30.3 Å². The van der Waals surface area contributed by atoms with Gasteiger partial charge >= 0.3 is 0 Å². The number of carbonyl (C=O) groups is 2. The van der Waals surface area contributed by atoms with Crippen molar-refractivity contribution < 1.29 is 18.0 Å². The number of hydrogen-bond acceptors (Lipinski definition) is 4. The van der Waals surface area contributed by atoms with Crippen molar-refractivity contribution in [2.24, 2.45) is 0 Å². The van der Waals surface area contributed by atoms with E-state index in [1.807, 2.05) is 49.4 Å². The molecule has 3 aromatic rings. The lowest BCUT2D eigenvalue weighted by molar-refractivity contribution is -0.140. The van der Waals surface area contributed by atoms with Gasteiger partial charge in [-0.1, -0.05) is 104 Å². The van der Waals surface area contributed by atoms with Gasteiger partial charge in [-0.2, -0.15) is 0 Å². The molecule has 4 rings (SSSR count). The predicted molar refractivity (Wildman–Crippen MR) is 174 cm³/mol. The molecule has 0 unspecified atom stereocenters. The summed E-state index contributed by atoms with van der Waals surface area (Å²) in [6, 6.07) is 20.9. The molecule has 0 aromatic heterocycles. The number of anilines is 1. The number of nitrogens with zero attached hydrogens (tertiary/aromatic N) is 2. The topological polar surface area (TPSA) is 86.8 Å². The largest absolute Gasteiger partial charge is 0.352 e. The lowest BCUT2D eigenvalue weighted by Crippen LogP contribution is -2.55. The smallest absolute Gasteiger partial charge is 0.244 e. The Hall–Kier alpha value is -3.07. The fourth-order valence-corrected chi connectivity index (χ4v) is 6.78. The first-order valence-corrected chi connectivity index (χ1v) is 17.3. The molecule has 0 saturated heterocycles. The van der Waals surface area contributed by atoms with Crippen LogP contribution in [-0.2, 0) is 39.0 Å². The quantitative estimate of drug-likeness (QED) is 0.247. The molecule has 10 heteroatoms. The summed E-state index contributed by atoms with van der Waals surface area (Å²) in [6.07, 6.45) is 6.94. The summed E-state index contributed by atoms with van der Waals surface area (Å²) >= 11 is 12.5. The summed E-state index contributed by atoms with van der Waals surface area (Å²) in [6.45, 7) is 1.51. The molecule has 230 valence electrons. The third-order valence-corrected chi connectivity index (χ3v) is 9.75.